The van der Waals surface area contributed by atoms with Crippen molar-refractivity contribution >= 4 is 11.9 Å². The first kappa shape index (κ1) is 60.8. The molecule has 368 valence electrons. The zero-order valence-corrected chi connectivity index (χ0v) is 41.8. The van der Waals surface area contributed by atoms with Gasteiger partial charge in [-0.2, -0.15) is 0 Å². The fourth-order valence-corrected chi connectivity index (χ4v) is 8.08. The number of hydrogen-bond acceptors (Lipinski definition) is 5. The number of unbranched alkanes of at least 4 members (excludes halogenated alkanes) is 33. The first-order chi connectivity index (χ1) is 31.0. The monoisotopic (exact) mass is 884 g/mol. The largest absolute Gasteiger partial charge is 0.466 e. The number of hydrogen-bond donors (Lipinski definition) is 3. The number of aliphatic hydroxyl groups is 2. The minimum Gasteiger partial charge on any atom is -0.466 e. The summed E-state index contributed by atoms with van der Waals surface area (Å²) < 4.78 is 5.45. The van der Waals surface area contributed by atoms with E-state index in [4.69, 9.17) is 4.74 Å². The Morgan fingerprint density at radius 2 is 0.810 bits per heavy atom. The van der Waals surface area contributed by atoms with E-state index in [2.05, 4.69) is 55.6 Å². The van der Waals surface area contributed by atoms with Gasteiger partial charge in [0.05, 0.1) is 25.4 Å². The third-order valence-electron chi connectivity index (χ3n) is 12.3. The van der Waals surface area contributed by atoms with Crippen molar-refractivity contribution in [2.24, 2.45) is 0 Å². The molecule has 0 spiro atoms. The maximum atomic E-state index is 12.4. The fraction of sp³-hybridized carbons (Fsp3) is 0.825. The highest BCUT2D eigenvalue weighted by molar-refractivity contribution is 5.76. The molecule has 0 saturated heterocycles. The highest BCUT2D eigenvalue weighted by atomic mass is 16.5. The maximum Gasteiger partial charge on any atom is 0.305 e. The summed E-state index contributed by atoms with van der Waals surface area (Å²) in [5, 5.41) is 23.1. The Morgan fingerprint density at radius 1 is 0.444 bits per heavy atom. The first-order valence-corrected chi connectivity index (χ1v) is 27.4. The molecule has 0 aliphatic heterocycles. The summed E-state index contributed by atoms with van der Waals surface area (Å²) in [4.78, 5) is 24.5. The molecule has 6 nitrogen and oxygen atoms in total. The molecule has 0 radical (unpaired) electrons. The molecule has 6 heteroatoms. The van der Waals surface area contributed by atoms with Crippen LogP contribution in [0.1, 0.15) is 277 Å². The summed E-state index contributed by atoms with van der Waals surface area (Å²) in [6.45, 7) is 4.79. The van der Waals surface area contributed by atoms with Crippen molar-refractivity contribution in [1.82, 2.24) is 5.32 Å². The molecule has 0 fully saturated rings. The van der Waals surface area contributed by atoms with Crippen LogP contribution in [0.15, 0.2) is 48.6 Å². The van der Waals surface area contributed by atoms with Gasteiger partial charge in [-0.15, -0.1) is 0 Å². The standard InChI is InChI=1S/C57H105NO5/c1-3-5-7-9-11-13-15-17-19-21-23-24-26-28-30-33-37-41-45-49-55(60)54(53-59)58-56(61)50-46-42-38-34-32-36-40-44-48-52-63-57(62)51-47-43-39-35-31-29-27-25-22-20-18-16-14-12-10-8-6-4-2/h14,16,20,22,34,38,45,49,54-55,59-60H,3-13,15,17-19,21,23-33,35-37,39-44,46-48,50-53H2,1-2H3,(H,58,61)/b16-14-,22-20-,38-34-,49-45+. The Balaban J connectivity index is 3.58. The van der Waals surface area contributed by atoms with E-state index in [-0.39, 0.29) is 18.5 Å². The molecule has 0 aliphatic carbocycles. The normalized spacial score (nSPS) is 13.0. The highest BCUT2D eigenvalue weighted by Crippen LogP contribution is 2.16. The molecule has 1 amide bonds. The quantitative estimate of drug-likeness (QED) is 0.0321. The van der Waals surface area contributed by atoms with Gasteiger partial charge in [-0.1, -0.05) is 229 Å². The van der Waals surface area contributed by atoms with E-state index < -0.39 is 12.1 Å². The lowest BCUT2D eigenvalue weighted by Crippen LogP contribution is -2.45. The van der Waals surface area contributed by atoms with Crippen LogP contribution in [0, 0.1) is 0 Å². The highest BCUT2D eigenvalue weighted by Gasteiger charge is 2.17. The van der Waals surface area contributed by atoms with Gasteiger partial charge >= 0.3 is 5.97 Å². The molecular formula is C57H105NO5. The predicted octanol–water partition coefficient (Wildman–Crippen LogP) is 16.6. The summed E-state index contributed by atoms with van der Waals surface area (Å²) in [6.07, 6.45) is 65.5. The third kappa shape index (κ3) is 49.1. The van der Waals surface area contributed by atoms with E-state index >= 15 is 0 Å². The summed E-state index contributed by atoms with van der Waals surface area (Å²) in [6, 6.07) is -0.668. The second-order valence-electron chi connectivity index (χ2n) is 18.5. The van der Waals surface area contributed by atoms with Crippen molar-refractivity contribution in [2.45, 2.75) is 289 Å². The summed E-state index contributed by atoms with van der Waals surface area (Å²) in [7, 11) is 0. The zero-order valence-electron chi connectivity index (χ0n) is 41.8. The lowest BCUT2D eigenvalue weighted by atomic mass is 10.0. The van der Waals surface area contributed by atoms with E-state index in [0.29, 0.717) is 19.4 Å². The minimum atomic E-state index is -0.877. The average Bonchev–Trinajstić information content (AvgIpc) is 3.28. The molecule has 63 heavy (non-hydrogen) atoms. The average molecular weight is 884 g/mol. The molecular weight excluding hydrogens is 779 g/mol. The number of nitrogens with one attached hydrogen (secondary N) is 1. The van der Waals surface area contributed by atoms with Gasteiger partial charge in [0.15, 0.2) is 0 Å². The smallest absolute Gasteiger partial charge is 0.305 e. The Hall–Kier alpha value is -2.18. The number of carbonyl (C=O) groups is 2. The van der Waals surface area contributed by atoms with Crippen LogP contribution in [0.2, 0.25) is 0 Å². The van der Waals surface area contributed by atoms with Gasteiger partial charge in [-0.05, 0) is 83.5 Å². The molecule has 0 heterocycles. The second kappa shape index (κ2) is 52.4. The fourth-order valence-electron chi connectivity index (χ4n) is 8.08. The number of amides is 1. The van der Waals surface area contributed by atoms with Crippen molar-refractivity contribution in [1.29, 1.82) is 0 Å². The van der Waals surface area contributed by atoms with Crippen LogP contribution in [0.3, 0.4) is 0 Å². The number of ether oxygens (including phenoxy) is 1. The lowest BCUT2D eigenvalue weighted by Gasteiger charge is -2.19. The van der Waals surface area contributed by atoms with Gasteiger partial charge in [0.25, 0.3) is 0 Å². The van der Waals surface area contributed by atoms with Gasteiger partial charge in [-0.25, -0.2) is 0 Å². The number of rotatable bonds is 50. The molecule has 0 aliphatic rings. The first-order valence-electron chi connectivity index (χ1n) is 27.4. The van der Waals surface area contributed by atoms with E-state index in [9.17, 15) is 19.8 Å². The van der Waals surface area contributed by atoms with Gasteiger partial charge in [0, 0.05) is 12.8 Å². The second-order valence-corrected chi connectivity index (χ2v) is 18.5. The lowest BCUT2D eigenvalue weighted by molar-refractivity contribution is -0.143. The van der Waals surface area contributed by atoms with E-state index in [0.717, 1.165) is 77.0 Å². The van der Waals surface area contributed by atoms with Gasteiger partial charge in [0.1, 0.15) is 0 Å². The molecule has 2 unspecified atom stereocenters. The number of esters is 1. The molecule has 0 saturated carbocycles. The summed E-state index contributed by atoms with van der Waals surface area (Å²) in [5.41, 5.74) is 0. The van der Waals surface area contributed by atoms with Crippen LogP contribution in [0.4, 0.5) is 0 Å². The molecule has 0 aromatic heterocycles. The SMILES string of the molecule is CCCCCC/C=C\C/C=C\CCCCCCCCCC(=O)OCCCCCC/C=C\CCCC(=O)NC(CO)C(O)/C=C/CCCCCCCCCCCCCCCCCCC. The van der Waals surface area contributed by atoms with Crippen molar-refractivity contribution in [3.63, 3.8) is 0 Å². The third-order valence-corrected chi connectivity index (χ3v) is 12.3. The molecule has 0 aromatic carbocycles. The van der Waals surface area contributed by atoms with E-state index in [1.807, 2.05) is 6.08 Å². The molecule has 3 N–H and O–H groups in total. The van der Waals surface area contributed by atoms with Crippen molar-refractivity contribution in [3.05, 3.63) is 48.6 Å². The summed E-state index contributed by atoms with van der Waals surface area (Å²) >= 11 is 0. The van der Waals surface area contributed by atoms with Crippen molar-refractivity contribution in [3.8, 4) is 0 Å². The van der Waals surface area contributed by atoms with Crippen LogP contribution in [0.5, 0.6) is 0 Å². The van der Waals surface area contributed by atoms with Crippen molar-refractivity contribution < 1.29 is 24.5 Å². The predicted molar refractivity (Wildman–Crippen MR) is 273 cm³/mol. The van der Waals surface area contributed by atoms with E-state index in [1.54, 1.807) is 6.08 Å². The Kier molecular flexibility index (Phi) is 50.6. The molecule has 2 atom stereocenters. The van der Waals surface area contributed by atoms with Gasteiger partial charge in [0.2, 0.25) is 5.91 Å². The van der Waals surface area contributed by atoms with Crippen LogP contribution in [0.25, 0.3) is 0 Å². The summed E-state index contributed by atoms with van der Waals surface area (Å²) in [5.74, 6) is -0.174. The van der Waals surface area contributed by atoms with Crippen LogP contribution < -0.4 is 5.32 Å². The number of aliphatic hydroxyl groups excluding tert-OH is 2. The Labute approximate surface area is 391 Å². The molecule has 0 rings (SSSR count). The number of carbonyl (C=O) groups excluding carboxylic acids is 2. The maximum absolute atomic E-state index is 12.4. The van der Waals surface area contributed by atoms with E-state index in [1.165, 1.54) is 173 Å². The Morgan fingerprint density at radius 3 is 1.27 bits per heavy atom. The molecule has 0 aromatic rings. The number of allylic oxidation sites excluding steroid dienone is 7. The van der Waals surface area contributed by atoms with Gasteiger partial charge in [-0.3, -0.25) is 9.59 Å². The van der Waals surface area contributed by atoms with Crippen molar-refractivity contribution in [2.75, 3.05) is 13.2 Å². The van der Waals surface area contributed by atoms with Gasteiger partial charge < -0.3 is 20.3 Å². The minimum absolute atomic E-state index is 0.0457. The Bertz CT molecular complexity index is 1070. The zero-order chi connectivity index (χ0) is 45.8. The van der Waals surface area contributed by atoms with Crippen LogP contribution in [-0.2, 0) is 14.3 Å². The topological polar surface area (TPSA) is 95.9 Å². The molecule has 0 bridgehead atoms. The van der Waals surface area contributed by atoms with Crippen LogP contribution in [-0.4, -0.2) is 47.4 Å². The van der Waals surface area contributed by atoms with Crippen LogP contribution >= 0.6 is 0 Å².